The minimum atomic E-state index is -0.218. The quantitative estimate of drug-likeness (QED) is 0.897. The second-order valence-corrected chi connectivity index (χ2v) is 4.33. The van der Waals surface area contributed by atoms with Gasteiger partial charge in [-0.25, -0.2) is 9.37 Å². The molecular formula is C15H17FN2O. The predicted octanol–water partition coefficient (Wildman–Crippen LogP) is 3.08. The summed E-state index contributed by atoms with van der Waals surface area (Å²) < 4.78 is 18.1. The lowest BCUT2D eigenvalue weighted by Crippen LogP contribution is -2.18. The maximum atomic E-state index is 12.9. The van der Waals surface area contributed by atoms with Crippen molar-refractivity contribution in [2.75, 3.05) is 7.11 Å². The van der Waals surface area contributed by atoms with Gasteiger partial charge in [0.2, 0.25) is 5.88 Å². The van der Waals surface area contributed by atoms with Crippen molar-refractivity contribution in [1.29, 1.82) is 0 Å². The molecular weight excluding hydrogens is 243 g/mol. The Morgan fingerprint density at radius 1 is 1.26 bits per heavy atom. The highest BCUT2D eigenvalue weighted by Gasteiger charge is 2.07. The highest BCUT2D eigenvalue weighted by molar-refractivity contribution is 5.26. The van der Waals surface area contributed by atoms with Gasteiger partial charge < -0.3 is 10.1 Å². The van der Waals surface area contributed by atoms with Crippen molar-refractivity contribution < 1.29 is 9.13 Å². The van der Waals surface area contributed by atoms with Gasteiger partial charge in [-0.3, -0.25) is 0 Å². The van der Waals surface area contributed by atoms with Crippen molar-refractivity contribution in [2.24, 2.45) is 0 Å². The van der Waals surface area contributed by atoms with Crippen molar-refractivity contribution in [3.05, 3.63) is 59.5 Å². The van der Waals surface area contributed by atoms with E-state index in [4.69, 9.17) is 4.74 Å². The fraction of sp³-hybridized carbons (Fsp3) is 0.267. The van der Waals surface area contributed by atoms with E-state index in [1.165, 1.54) is 12.1 Å². The summed E-state index contributed by atoms with van der Waals surface area (Å²) in [5.41, 5.74) is 2.04. The third-order valence-corrected chi connectivity index (χ3v) is 3.01. The zero-order chi connectivity index (χ0) is 13.7. The average molecular weight is 260 g/mol. The van der Waals surface area contributed by atoms with Crippen molar-refractivity contribution in [1.82, 2.24) is 10.3 Å². The van der Waals surface area contributed by atoms with Crippen molar-refractivity contribution in [3.8, 4) is 5.88 Å². The van der Waals surface area contributed by atoms with Crippen LogP contribution < -0.4 is 10.1 Å². The summed E-state index contributed by atoms with van der Waals surface area (Å²) in [5.74, 6) is 0.409. The molecule has 2 aromatic rings. The SMILES string of the molecule is COc1ncccc1CN[C@@H](C)c1ccc(F)cc1. The molecule has 0 fully saturated rings. The molecule has 2 rings (SSSR count). The average Bonchev–Trinajstić information content (AvgIpc) is 2.45. The number of nitrogens with one attached hydrogen (secondary N) is 1. The van der Waals surface area contributed by atoms with Gasteiger partial charge in [-0.1, -0.05) is 18.2 Å². The number of halogens is 1. The number of methoxy groups -OCH3 is 1. The number of aromatic nitrogens is 1. The fourth-order valence-corrected chi connectivity index (χ4v) is 1.87. The van der Waals surface area contributed by atoms with Gasteiger partial charge >= 0.3 is 0 Å². The van der Waals surface area contributed by atoms with Crippen molar-refractivity contribution >= 4 is 0 Å². The summed E-state index contributed by atoms with van der Waals surface area (Å²) in [5, 5.41) is 3.37. The van der Waals surface area contributed by atoms with Gasteiger partial charge in [0.15, 0.2) is 0 Å². The zero-order valence-electron chi connectivity index (χ0n) is 11.1. The lowest BCUT2D eigenvalue weighted by Gasteiger charge is -2.15. The van der Waals surface area contributed by atoms with E-state index < -0.39 is 0 Å². The van der Waals surface area contributed by atoms with Gasteiger partial charge in [0.25, 0.3) is 0 Å². The summed E-state index contributed by atoms with van der Waals surface area (Å²) in [6.07, 6.45) is 1.70. The van der Waals surface area contributed by atoms with Crippen LogP contribution in [0.15, 0.2) is 42.6 Å². The molecule has 0 aliphatic carbocycles. The van der Waals surface area contributed by atoms with Gasteiger partial charge in [-0.2, -0.15) is 0 Å². The number of ether oxygens (including phenoxy) is 1. The molecule has 100 valence electrons. The van der Waals surface area contributed by atoms with Crippen LogP contribution in [0, 0.1) is 5.82 Å². The normalized spacial score (nSPS) is 12.2. The molecule has 0 radical (unpaired) electrons. The highest BCUT2D eigenvalue weighted by atomic mass is 19.1. The van der Waals surface area contributed by atoms with Gasteiger partial charge in [-0.15, -0.1) is 0 Å². The van der Waals surface area contributed by atoms with Crippen LogP contribution in [0.25, 0.3) is 0 Å². The van der Waals surface area contributed by atoms with E-state index in [0.717, 1.165) is 11.1 Å². The Labute approximate surface area is 112 Å². The van der Waals surface area contributed by atoms with Crippen LogP contribution in [0.1, 0.15) is 24.1 Å². The largest absolute Gasteiger partial charge is 0.481 e. The summed E-state index contributed by atoms with van der Waals surface area (Å²) >= 11 is 0. The standard InChI is InChI=1S/C15H17FN2O/c1-11(12-5-7-14(16)8-6-12)18-10-13-4-3-9-17-15(13)19-2/h3-9,11,18H,10H2,1-2H3/t11-/m0/s1. The topological polar surface area (TPSA) is 34.1 Å². The smallest absolute Gasteiger partial charge is 0.217 e. The molecule has 0 bridgehead atoms. The predicted molar refractivity (Wildman–Crippen MR) is 72.4 cm³/mol. The van der Waals surface area contributed by atoms with E-state index in [2.05, 4.69) is 10.3 Å². The van der Waals surface area contributed by atoms with E-state index in [1.807, 2.05) is 19.1 Å². The van der Waals surface area contributed by atoms with E-state index in [-0.39, 0.29) is 11.9 Å². The van der Waals surface area contributed by atoms with Crippen LogP contribution in [0.4, 0.5) is 4.39 Å². The number of nitrogens with zero attached hydrogens (tertiary/aromatic N) is 1. The third kappa shape index (κ3) is 3.51. The Kier molecular flexibility index (Phi) is 4.47. The molecule has 1 heterocycles. The van der Waals surface area contributed by atoms with Crippen LogP contribution in [0.5, 0.6) is 5.88 Å². The molecule has 0 aliphatic rings. The summed E-state index contributed by atoms with van der Waals surface area (Å²) in [6.45, 7) is 2.69. The Morgan fingerprint density at radius 3 is 2.68 bits per heavy atom. The summed E-state index contributed by atoms with van der Waals surface area (Å²) in [6, 6.07) is 10.5. The minimum Gasteiger partial charge on any atom is -0.481 e. The second kappa shape index (κ2) is 6.29. The Hall–Kier alpha value is -1.94. The van der Waals surface area contributed by atoms with Crippen molar-refractivity contribution in [2.45, 2.75) is 19.5 Å². The Bertz CT molecular complexity index is 528. The molecule has 1 atom stereocenters. The molecule has 3 nitrogen and oxygen atoms in total. The van der Waals surface area contributed by atoms with Crippen LogP contribution in [-0.2, 0) is 6.54 Å². The number of pyridine rings is 1. The lowest BCUT2D eigenvalue weighted by molar-refractivity contribution is 0.389. The number of rotatable bonds is 5. The number of hydrogen-bond acceptors (Lipinski definition) is 3. The van der Waals surface area contributed by atoms with E-state index in [1.54, 1.807) is 25.4 Å². The lowest BCUT2D eigenvalue weighted by atomic mass is 10.1. The van der Waals surface area contributed by atoms with Crippen molar-refractivity contribution in [3.63, 3.8) is 0 Å². The Balaban J connectivity index is 2.00. The highest BCUT2D eigenvalue weighted by Crippen LogP contribution is 2.17. The maximum absolute atomic E-state index is 12.9. The molecule has 1 N–H and O–H groups in total. The summed E-state index contributed by atoms with van der Waals surface area (Å²) in [7, 11) is 1.61. The fourth-order valence-electron chi connectivity index (χ4n) is 1.87. The molecule has 0 aliphatic heterocycles. The number of hydrogen-bond donors (Lipinski definition) is 1. The van der Waals surface area contributed by atoms with Gasteiger partial charge in [-0.05, 0) is 30.7 Å². The first-order valence-electron chi connectivity index (χ1n) is 6.17. The van der Waals surface area contributed by atoms with Gasteiger partial charge in [0.1, 0.15) is 5.82 Å². The summed E-state index contributed by atoms with van der Waals surface area (Å²) in [4.78, 5) is 4.15. The minimum absolute atomic E-state index is 0.130. The molecule has 1 aromatic carbocycles. The van der Waals surface area contributed by atoms with E-state index in [0.29, 0.717) is 12.4 Å². The van der Waals surface area contributed by atoms with E-state index in [9.17, 15) is 4.39 Å². The first kappa shape index (κ1) is 13.5. The molecule has 4 heteroatoms. The first-order chi connectivity index (χ1) is 9.20. The van der Waals surface area contributed by atoms with Gasteiger partial charge in [0, 0.05) is 24.3 Å². The van der Waals surface area contributed by atoms with Crippen LogP contribution in [0.2, 0.25) is 0 Å². The molecule has 19 heavy (non-hydrogen) atoms. The van der Waals surface area contributed by atoms with Crippen LogP contribution in [-0.4, -0.2) is 12.1 Å². The zero-order valence-corrected chi connectivity index (χ0v) is 11.1. The second-order valence-electron chi connectivity index (χ2n) is 4.33. The monoisotopic (exact) mass is 260 g/mol. The van der Waals surface area contributed by atoms with Gasteiger partial charge in [0.05, 0.1) is 7.11 Å². The molecule has 0 saturated heterocycles. The maximum Gasteiger partial charge on any atom is 0.217 e. The van der Waals surface area contributed by atoms with E-state index >= 15 is 0 Å². The van der Waals surface area contributed by atoms with Crippen LogP contribution >= 0.6 is 0 Å². The third-order valence-electron chi connectivity index (χ3n) is 3.01. The number of benzene rings is 1. The molecule has 0 amide bonds. The van der Waals surface area contributed by atoms with Crippen LogP contribution in [0.3, 0.4) is 0 Å². The molecule has 1 aromatic heterocycles. The molecule has 0 spiro atoms. The Morgan fingerprint density at radius 2 is 2.00 bits per heavy atom. The molecule has 0 unspecified atom stereocenters. The molecule has 0 saturated carbocycles. The first-order valence-corrected chi connectivity index (χ1v) is 6.17.